The van der Waals surface area contributed by atoms with Crippen LogP contribution in [0, 0.1) is 11.3 Å². The number of fused-ring (bicyclic) bond motifs is 2. The molecule has 1 aliphatic heterocycles. The Kier molecular flexibility index (Phi) is 8.22. The van der Waals surface area contributed by atoms with Gasteiger partial charge in [0.25, 0.3) is 11.5 Å². The molecule has 0 saturated carbocycles. The summed E-state index contributed by atoms with van der Waals surface area (Å²) in [5.74, 6) is 0.0544. The van der Waals surface area contributed by atoms with E-state index in [0.717, 1.165) is 27.6 Å². The fourth-order valence-electron chi connectivity index (χ4n) is 6.25. The highest BCUT2D eigenvalue weighted by atomic mass is 32.1. The van der Waals surface area contributed by atoms with Crippen molar-refractivity contribution in [3.63, 3.8) is 0 Å². The molecular formula is C40H33N5O2S. The van der Waals surface area contributed by atoms with Crippen LogP contribution in [0.1, 0.15) is 60.5 Å². The van der Waals surface area contributed by atoms with Gasteiger partial charge in [0.2, 0.25) is 0 Å². The average Bonchev–Trinajstić information content (AvgIpc) is 3.60. The van der Waals surface area contributed by atoms with Crippen molar-refractivity contribution in [2.75, 3.05) is 5.32 Å². The monoisotopic (exact) mass is 647 g/mol. The van der Waals surface area contributed by atoms with Crippen molar-refractivity contribution in [2.45, 2.75) is 39.3 Å². The lowest BCUT2D eigenvalue weighted by Gasteiger charge is -2.25. The van der Waals surface area contributed by atoms with Gasteiger partial charge in [-0.2, -0.15) is 5.26 Å². The number of nitriles is 1. The lowest BCUT2D eigenvalue weighted by atomic mass is 9.93. The molecule has 0 spiro atoms. The molecule has 8 heteroatoms. The molecule has 48 heavy (non-hydrogen) atoms. The second-order valence-electron chi connectivity index (χ2n) is 12.3. The Morgan fingerprint density at radius 2 is 1.69 bits per heavy atom. The third-order valence-corrected chi connectivity index (χ3v) is 9.74. The number of nitrogens with zero attached hydrogens (tertiary/aromatic N) is 4. The number of thiazole rings is 1. The van der Waals surface area contributed by atoms with E-state index in [1.807, 2.05) is 91.9 Å². The van der Waals surface area contributed by atoms with Crippen LogP contribution < -0.4 is 20.2 Å². The molecule has 6 aromatic rings. The maximum atomic E-state index is 14.4. The van der Waals surface area contributed by atoms with Gasteiger partial charge in [-0.05, 0) is 65.9 Å². The van der Waals surface area contributed by atoms with Crippen LogP contribution in [-0.2, 0) is 11.3 Å². The minimum absolute atomic E-state index is 0.196. The number of para-hydroxylation sites is 2. The van der Waals surface area contributed by atoms with E-state index < -0.39 is 6.04 Å². The van der Waals surface area contributed by atoms with Gasteiger partial charge in [-0.1, -0.05) is 98.0 Å². The molecule has 0 fully saturated rings. The van der Waals surface area contributed by atoms with Crippen molar-refractivity contribution in [1.82, 2.24) is 9.13 Å². The predicted octanol–water partition coefficient (Wildman–Crippen LogP) is 6.87. The molecule has 0 aliphatic carbocycles. The molecule has 0 unspecified atom stereocenters. The molecule has 0 saturated heterocycles. The van der Waals surface area contributed by atoms with E-state index in [4.69, 9.17) is 4.99 Å². The first kappa shape index (κ1) is 30.9. The number of carbonyl (C=O) groups is 1. The van der Waals surface area contributed by atoms with E-state index in [2.05, 4.69) is 60.3 Å². The molecule has 7 rings (SSSR count). The molecule has 2 aromatic heterocycles. The lowest BCUT2D eigenvalue weighted by Crippen LogP contribution is -2.40. The Bertz CT molecular complexity index is 2420. The molecule has 7 nitrogen and oxygen atoms in total. The Morgan fingerprint density at radius 3 is 2.40 bits per heavy atom. The number of amides is 1. The van der Waals surface area contributed by atoms with Crippen LogP contribution in [0.5, 0.6) is 0 Å². The van der Waals surface area contributed by atoms with E-state index in [-0.39, 0.29) is 11.5 Å². The largest absolute Gasteiger partial charge is 0.342 e. The summed E-state index contributed by atoms with van der Waals surface area (Å²) >= 11 is 1.33. The number of benzene rings is 4. The summed E-state index contributed by atoms with van der Waals surface area (Å²) in [6.45, 7) is 6.74. The highest BCUT2D eigenvalue weighted by Gasteiger charge is 2.32. The molecule has 4 aromatic carbocycles. The number of carbonyl (C=O) groups excluding carboxylic acids is 1. The van der Waals surface area contributed by atoms with Crippen molar-refractivity contribution >= 4 is 39.9 Å². The molecule has 236 valence electrons. The number of nitrogens with one attached hydrogen (secondary N) is 1. The van der Waals surface area contributed by atoms with Gasteiger partial charge < -0.3 is 9.88 Å². The van der Waals surface area contributed by atoms with Gasteiger partial charge in [-0.15, -0.1) is 0 Å². The molecule has 1 atom stereocenters. The molecule has 1 N–H and O–H groups in total. The fraction of sp³-hybridized carbons (Fsp3) is 0.150. The lowest BCUT2D eigenvalue weighted by molar-refractivity contribution is -0.113. The van der Waals surface area contributed by atoms with Gasteiger partial charge in [0.15, 0.2) is 4.80 Å². The third kappa shape index (κ3) is 5.81. The minimum Gasteiger partial charge on any atom is -0.342 e. The van der Waals surface area contributed by atoms with Crippen LogP contribution in [0.3, 0.4) is 0 Å². The zero-order valence-corrected chi connectivity index (χ0v) is 27.7. The Morgan fingerprint density at radius 1 is 0.979 bits per heavy atom. The highest BCUT2D eigenvalue weighted by Crippen LogP contribution is 2.32. The smallest absolute Gasteiger partial charge is 0.271 e. The van der Waals surface area contributed by atoms with Gasteiger partial charge in [0, 0.05) is 34.9 Å². The Hall–Kier alpha value is -5.78. The van der Waals surface area contributed by atoms with Gasteiger partial charge in [0.05, 0.1) is 33.5 Å². The summed E-state index contributed by atoms with van der Waals surface area (Å²) in [6, 6.07) is 34.7. The zero-order chi connectivity index (χ0) is 33.4. The average molecular weight is 648 g/mol. The quantitative estimate of drug-likeness (QED) is 0.205. The predicted molar refractivity (Wildman–Crippen MR) is 192 cm³/mol. The second-order valence-corrected chi connectivity index (χ2v) is 13.3. The van der Waals surface area contributed by atoms with Crippen LogP contribution in [0.2, 0.25) is 0 Å². The van der Waals surface area contributed by atoms with Crippen molar-refractivity contribution in [1.29, 1.82) is 5.26 Å². The fourth-order valence-corrected chi connectivity index (χ4v) is 7.29. The van der Waals surface area contributed by atoms with Crippen molar-refractivity contribution in [3.8, 4) is 6.07 Å². The summed E-state index contributed by atoms with van der Waals surface area (Å²) < 4.78 is 4.37. The second kappa shape index (κ2) is 12.8. The standard InChI is InChI=1S/C40H33N5O2S/c1-25(2)29-17-19-30(20-18-29)37-36(38(46)43-32-9-5-4-6-10-32)26(3)42-40-45(37)39(47)35(48-40)21-31-24-44(34-12-8-7-11-33(31)34)23-28-15-13-27(22-41)14-16-28/h4-21,24-25,37H,23H2,1-3H3,(H,43,46)/b35-21-/t37-/m0/s1. The van der Waals surface area contributed by atoms with Crippen molar-refractivity contribution < 1.29 is 4.79 Å². The number of allylic oxidation sites excluding steroid dienone is 1. The van der Waals surface area contributed by atoms with Crippen LogP contribution in [0.15, 0.2) is 130 Å². The van der Waals surface area contributed by atoms with Crippen LogP contribution in [-0.4, -0.2) is 15.0 Å². The molecular weight excluding hydrogens is 615 g/mol. The molecule has 1 aliphatic rings. The topological polar surface area (TPSA) is 92.2 Å². The first-order valence-electron chi connectivity index (χ1n) is 15.9. The number of anilines is 1. The van der Waals surface area contributed by atoms with Gasteiger partial charge in [-0.3, -0.25) is 14.2 Å². The van der Waals surface area contributed by atoms with Gasteiger partial charge >= 0.3 is 0 Å². The number of hydrogen-bond acceptors (Lipinski definition) is 5. The summed E-state index contributed by atoms with van der Waals surface area (Å²) in [5.41, 5.74) is 7.17. The molecule has 1 amide bonds. The SMILES string of the molecule is CC1=C(C(=O)Nc2ccccc2)[C@H](c2ccc(C(C)C)cc2)n2c(s/c(=C\c3cn(Cc4ccc(C#N)cc4)c4ccccc34)c2=O)=N1. The summed E-state index contributed by atoms with van der Waals surface area (Å²) in [4.78, 5) is 33.7. The zero-order valence-electron chi connectivity index (χ0n) is 26.8. The summed E-state index contributed by atoms with van der Waals surface area (Å²) in [5, 5.41) is 13.2. The molecule has 3 heterocycles. The third-order valence-electron chi connectivity index (χ3n) is 8.76. The van der Waals surface area contributed by atoms with E-state index in [1.165, 1.54) is 16.9 Å². The highest BCUT2D eigenvalue weighted by molar-refractivity contribution is 7.07. The van der Waals surface area contributed by atoms with E-state index in [9.17, 15) is 14.9 Å². The Labute approximate surface area is 282 Å². The number of aromatic nitrogens is 2. The van der Waals surface area contributed by atoms with E-state index in [0.29, 0.717) is 44.3 Å². The normalized spacial score (nSPS) is 14.6. The number of rotatable bonds is 7. The maximum Gasteiger partial charge on any atom is 0.271 e. The summed E-state index contributed by atoms with van der Waals surface area (Å²) in [6.07, 6.45) is 4.00. The first-order valence-corrected chi connectivity index (χ1v) is 16.7. The molecule has 0 radical (unpaired) electrons. The number of hydrogen-bond donors (Lipinski definition) is 1. The van der Waals surface area contributed by atoms with Crippen LogP contribution >= 0.6 is 11.3 Å². The van der Waals surface area contributed by atoms with Crippen molar-refractivity contribution in [3.05, 3.63) is 168 Å². The first-order chi connectivity index (χ1) is 23.3. The van der Waals surface area contributed by atoms with Gasteiger partial charge in [-0.25, -0.2) is 4.99 Å². The summed E-state index contributed by atoms with van der Waals surface area (Å²) in [7, 11) is 0. The van der Waals surface area contributed by atoms with Crippen LogP contribution in [0.4, 0.5) is 5.69 Å². The van der Waals surface area contributed by atoms with Crippen molar-refractivity contribution in [2.24, 2.45) is 4.99 Å². The molecule has 0 bridgehead atoms. The Balaban J connectivity index is 1.34. The maximum absolute atomic E-state index is 14.4. The van der Waals surface area contributed by atoms with E-state index >= 15 is 0 Å². The van der Waals surface area contributed by atoms with Crippen LogP contribution in [0.25, 0.3) is 17.0 Å². The minimum atomic E-state index is -0.647. The van der Waals surface area contributed by atoms with E-state index in [1.54, 1.807) is 4.57 Å². The van der Waals surface area contributed by atoms with Gasteiger partial charge in [0.1, 0.15) is 0 Å².